The van der Waals surface area contributed by atoms with Gasteiger partial charge in [0.15, 0.2) is 0 Å². The van der Waals surface area contributed by atoms with E-state index in [-0.39, 0.29) is 23.9 Å². The highest BCUT2D eigenvalue weighted by Crippen LogP contribution is 2.31. The molecule has 190 valence electrons. The van der Waals surface area contributed by atoms with Crippen molar-refractivity contribution < 1.29 is 28.7 Å². The van der Waals surface area contributed by atoms with Crippen LogP contribution in [0.5, 0.6) is 5.88 Å². The minimum atomic E-state index is -0.852. The van der Waals surface area contributed by atoms with Crippen molar-refractivity contribution in [1.29, 1.82) is 0 Å². The molecular weight excluding hydrogens is 456 g/mol. The van der Waals surface area contributed by atoms with Crippen molar-refractivity contribution in [3.05, 3.63) is 51.6 Å². The van der Waals surface area contributed by atoms with E-state index in [4.69, 9.17) is 14.2 Å². The van der Waals surface area contributed by atoms with E-state index in [2.05, 4.69) is 10.3 Å². The standard InChI is InChI=1S/C24H32N4O7/c1-15-16(14-27(21(29)34-23(2,3)4)22(30)35-24(5,6)7)10-9-11-17(15)25-20-18(28(31)32)12-13-19(26-20)33-8/h9-13H,14H2,1-8H3,(H,25,26). The summed E-state index contributed by atoms with van der Waals surface area (Å²) in [7, 11) is 1.41. The molecule has 2 aromatic rings. The fraction of sp³-hybridized carbons (Fsp3) is 0.458. The number of nitrogens with one attached hydrogen (secondary N) is 1. The van der Waals surface area contributed by atoms with Crippen molar-refractivity contribution in [2.45, 2.75) is 66.2 Å². The van der Waals surface area contributed by atoms with E-state index in [0.717, 1.165) is 4.90 Å². The molecule has 0 bridgehead atoms. The van der Waals surface area contributed by atoms with Crippen LogP contribution in [0.3, 0.4) is 0 Å². The van der Waals surface area contributed by atoms with Crippen molar-refractivity contribution in [3.8, 4) is 5.88 Å². The molecule has 1 heterocycles. The van der Waals surface area contributed by atoms with Crippen molar-refractivity contribution >= 4 is 29.4 Å². The molecule has 0 unspecified atom stereocenters. The molecule has 0 spiro atoms. The molecule has 35 heavy (non-hydrogen) atoms. The van der Waals surface area contributed by atoms with Crippen LogP contribution in [-0.2, 0) is 16.0 Å². The van der Waals surface area contributed by atoms with Gasteiger partial charge in [0.05, 0.1) is 18.6 Å². The van der Waals surface area contributed by atoms with Crippen LogP contribution in [0.15, 0.2) is 30.3 Å². The molecule has 1 aromatic carbocycles. The van der Waals surface area contributed by atoms with Gasteiger partial charge >= 0.3 is 17.9 Å². The zero-order valence-electron chi connectivity index (χ0n) is 21.3. The van der Waals surface area contributed by atoms with Crippen LogP contribution in [0.4, 0.5) is 26.8 Å². The molecule has 11 nitrogen and oxygen atoms in total. The zero-order chi connectivity index (χ0) is 26.6. The second-order valence-electron chi connectivity index (χ2n) is 9.74. The fourth-order valence-electron chi connectivity index (χ4n) is 2.91. The van der Waals surface area contributed by atoms with Crippen molar-refractivity contribution in [2.75, 3.05) is 12.4 Å². The summed E-state index contributed by atoms with van der Waals surface area (Å²) in [6.45, 7) is 11.8. The number of rotatable bonds is 6. The van der Waals surface area contributed by atoms with Gasteiger partial charge in [-0.2, -0.15) is 4.98 Å². The summed E-state index contributed by atoms with van der Waals surface area (Å²) in [6.07, 6.45) is -1.70. The molecule has 1 aromatic heterocycles. The van der Waals surface area contributed by atoms with Crippen LogP contribution < -0.4 is 10.1 Å². The van der Waals surface area contributed by atoms with Crippen molar-refractivity contribution in [2.24, 2.45) is 0 Å². The number of anilines is 2. The third-order valence-electron chi connectivity index (χ3n) is 4.51. The van der Waals surface area contributed by atoms with Gasteiger partial charge in [0.1, 0.15) is 11.2 Å². The Bertz CT molecular complexity index is 1080. The lowest BCUT2D eigenvalue weighted by Crippen LogP contribution is -2.43. The van der Waals surface area contributed by atoms with Crippen molar-refractivity contribution in [3.63, 3.8) is 0 Å². The molecule has 0 radical (unpaired) electrons. The monoisotopic (exact) mass is 488 g/mol. The van der Waals surface area contributed by atoms with E-state index in [1.807, 2.05) is 0 Å². The van der Waals surface area contributed by atoms with Crippen LogP contribution >= 0.6 is 0 Å². The second kappa shape index (κ2) is 10.6. The Morgan fingerprint density at radius 1 is 1.03 bits per heavy atom. The number of carbonyl (C=O) groups is 2. The molecule has 11 heteroatoms. The summed E-state index contributed by atoms with van der Waals surface area (Å²) in [4.78, 5) is 41.6. The number of imide groups is 1. The van der Waals surface area contributed by atoms with E-state index in [1.165, 1.54) is 19.2 Å². The van der Waals surface area contributed by atoms with Gasteiger partial charge in [0.2, 0.25) is 11.7 Å². The number of nitrogens with zero attached hydrogens (tertiary/aromatic N) is 3. The summed E-state index contributed by atoms with van der Waals surface area (Å²) in [5, 5.41) is 14.4. The number of benzene rings is 1. The average molecular weight is 489 g/mol. The molecule has 0 saturated carbocycles. The topological polar surface area (TPSA) is 133 Å². The Morgan fingerprint density at radius 2 is 1.60 bits per heavy atom. The zero-order valence-corrected chi connectivity index (χ0v) is 21.3. The summed E-state index contributed by atoms with van der Waals surface area (Å²) in [6, 6.07) is 7.82. The molecule has 0 aliphatic heterocycles. The van der Waals surface area contributed by atoms with Gasteiger partial charge in [-0.05, 0) is 65.7 Å². The Hall–Kier alpha value is -3.89. The first-order valence-corrected chi connectivity index (χ1v) is 10.9. The maximum absolute atomic E-state index is 12.9. The number of pyridine rings is 1. The summed E-state index contributed by atoms with van der Waals surface area (Å²) >= 11 is 0. The molecule has 1 N–H and O–H groups in total. The Labute approximate surface area is 204 Å². The number of hydrogen-bond acceptors (Lipinski definition) is 9. The molecule has 0 fully saturated rings. The quantitative estimate of drug-likeness (QED) is 0.400. The number of amides is 2. The number of nitro groups is 1. The first kappa shape index (κ1) is 27.4. The predicted molar refractivity (Wildman–Crippen MR) is 130 cm³/mol. The third kappa shape index (κ3) is 7.83. The lowest BCUT2D eigenvalue weighted by molar-refractivity contribution is -0.384. The molecule has 0 aliphatic carbocycles. The smallest absolute Gasteiger partial charge is 0.420 e. The van der Waals surface area contributed by atoms with Gasteiger partial charge < -0.3 is 19.5 Å². The summed E-state index contributed by atoms with van der Waals surface area (Å²) < 4.78 is 15.9. The number of ether oxygens (including phenoxy) is 3. The van der Waals surface area contributed by atoms with Crippen molar-refractivity contribution in [1.82, 2.24) is 9.88 Å². The highest BCUT2D eigenvalue weighted by atomic mass is 16.6. The minimum absolute atomic E-state index is 0.00857. The number of hydrogen-bond donors (Lipinski definition) is 1. The molecule has 0 saturated heterocycles. The predicted octanol–water partition coefficient (Wildman–Crippen LogP) is 5.72. The highest BCUT2D eigenvalue weighted by Gasteiger charge is 2.32. The largest absolute Gasteiger partial charge is 0.481 e. The van der Waals surface area contributed by atoms with Gasteiger partial charge in [-0.25, -0.2) is 14.5 Å². The Morgan fingerprint density at radius 3 is 2.09 bits per heavy atom. The lowest BCUT2D eigenvalue weighted by Gasteiger charge is -2.29. The van der Waals surface area contributed by atoms with E-state index < -0.39 is 28.3 Å². The van der Waals surface area contributed by atoms with E-state index in [9.17, 15) is 19.7 Å². The van der Waals surface area contributed by atoms with Gasteiger partial charge in [-0.15, -0.1) is 0 Å². The average Bonchev–Trinajstić information content (AvgIpc) is 2.71. The van der Waals surface area contributed by atoms with Crippen LogP contribution in [0.1, 0.15) is 52.7 Å². The minimum Gasteiger partial charge on any atom is -0.481 e. The summed E-state index contributed by atoms with van der Waals surface area (Å²) in [5.74, 6) is 0.193. The molecular formula is C24H32N4O7. The SMILES string of the molecule is COc1ccc([N+](=O)[O-])c(Nc2cccc(CN(C(=O)OC(C)(C)C)C(=O)OC(C)(C)C)c2C)n1. The fourth-order valence-corrected chi connectivity index (χ4v) is 2.91. The van der Waals surface area contributed by atoms with E-state index >= 15 is 0 Å². The maximum atomic E-state index is 12.9. The van der Waals surface area contributed by atoms with Gasteiger partial charge in [-0.3, -0.25) is 10.1 Å². The van der Waals surface area contributed by atoms with Crippen LogP contribution in [-0.4, -0.2) is 45.3 Å². The first-order valence-electron chi connectivity index (χ1n) is 10.9. The highest BCUT2D eigenvalue weighted by molar-refractivity contribution is 5.88. The van der Waals surface area contributed by atoms with E-state index in [1.54, 1.807) is 66.7 Å². The molecule has 2 amide bonds. The number of aromatic nitrogens is 1. The number of carbonyl (C=O) groups excluding carboxylic acids is 2. The van der Waals surface area contributed by atoms with Gasteiger partial charge in [-0.1, -0.05) is 12.1 Å². The Balaban J connectivity index is 2.43. The Kier molecular flexibility index (Phi) is 8.27. The van der Waals surface area contributed by atoms with Gasteiger partial charge in [0.25, 0.3) is 0 Å². The number of methoxy groups -OCH3 is 1. The van der Waals surface area contributed by atoms with Crippen LogP contribution in [0.2, 0.25) is 0 Å². The molecule has 2 rings (SSSR count). The second-order valence-corrected chi connectivity index (χ2v) is 9.74. The van der Waals surface area contributed by atoms with E-state index in [0.29, 0.717) is 16.8 Å². The van der Waals surface area contributed by atoms with Crippen LogP contribution in [0.25, 0.3) is 0 Å². The lowest BCUT2D eigenvalue weighted by atomic mass is 10.1. The van der Waals surface area contributed by atoms with Crippen LogP contribution in [0, 0.1) is 17.0 Å². The van der Waals surface area contributed by atoms with Gasteiger partial charge in [0, 0.05) is 17.8 Å². The maximum Gasteiger partial charge on any atom is 0.420 e. The first-order chi connectivity index (χ1) is 16.1. The molecule has 0 atom stereocenters. The molecule has 0 aliphatic rings. The third-order valence-corrected chi connectivity index (χ3v) is 4.51. The normalized spacial score (nSPS) is 11.4. The summed E-state index contributed by atoms with van der Waals surface area (Å²) in [5.41, 5.74) is -0.153.